The second-order valence-corrected chi connectivity index (χ2v) is 4.11. The highest BCUT2D eigenvalue weighted by Crippen LogP contribution is 2.17. The summed E-state index contributed by atoms with van der Waals surface area (Å²) in [7, 11) is 0. The minimum absolute atomic E-state index is 0.354. The van der Waals surface area contributed by atoms with Gasteiger partial charge in [-0.2, -0.15) is 0 Å². The molecular formula is C14H13ClN. The van der Waals surface area contributed by atoms with E-state index in [-0.39, 0.29) is 0 Å². The van der Waals surface area contributed by atoms with Crippen LogP contribution in [-0.2, 0) is 0 Å². The van der Waals surface area contributed by atoms with Crippen LogP contribution in [0, 0.1) is 6.08 Å². The van der Waals surface area contributed by atoms with Gasteiger partial charge in [-0.3, -0.25) is 0 Å². The van der Waals surface area contributed by atoms with Gasteiger partial charge in [0.25, 0.3) is 0 Å². The maximum Gasteiger partial charge on any atom is 0.0478 e. The Morgan fingerprint density at radius 3 is 2.88 bits per heavy atom. The monoisotopic (exact) mass is 230 g/mol. The van der Waals surface area contributed by atoms with Gasteiger partial charge in [0.2, 0.25) is 0 Å². The van der Waals surface area contributed by atoms with Crippen LogP contribution < -0.4 is 5.32 Å². The Hall–Kier alpha value is -1.47. The van der Waals surface area contributed by atoms with Gasteiger partial charge in [-0.05, 0) is 24.6 Å². The Kier molecular flexibility index (Phi) is 3.47. The molecule has 1 aliphatic rings. The van der Waals surface area contributed by atoms with Crippen molar-refractivity contribution < 1.29 is 0 Å². The van der Waals surface area contributed by atoms with Crippen LogP contribution in [0.2, 0.25) is 5.02 Å². The zero-order chi connectivity index (χ0) is 11.4. The number of nitrogens with one attached hydrogen (secondary N) is 1. The maximum atomic E-state index is 6.06. The molecule has 1 atom stereocenters. The van der Waals surface area contributed by atoms with Gasteiger partial charge in [-0.25, -0.2) is 0 Å². The first-order valence-corrected chi connectivity index (χ1v) is 5.63. The van der Waals surface area contributed by atoms with Gasteiger partial charge in [0, 0.05) is 22.8 Å². The van der Waals surface area contributed by atoms with E-state index < -0.39 is 0 Å². The van der Waals surface area contributed by atoms with Crippen LogP contribution in [0.15, 0.2) is 48.2 Å². The molecule has 81 valence electrons. The smallest absolute Gasteiger partial charge is 0.0478 e. The lowest BCUT2D eigenvalue weighted by molar-refractivity contribution is 0.731. The molecule has 1 heterocycles. The van der Waals surface area contributed by atoms with Gasteiger partial charge in [0.05, 0.1) is 0 Å². The number of benzene rings is 1. The third-order valence-corrected chi connectivity index (χ3v) is 2.69. The number of hydrogen-bond acceptors (Lipinski definition) is 1. The standard InChI is InChI=1S/C14H13ClN/c1-11-5-4-7-13(16-11)10-9-12-6-2-3-8-14(12)15/h2-6,8-11,16H,1H3. The summed E-state index contributed by atoms with van der Waals surface area (Å²) >= 11 is 6.06. The second kappa shape index (κ2) is 5.04. The highest BCUT2D eigenvalue weighted by molar-refractivity contribution is 6.32. The molecule has 1 nitrogen and oxygen atoms in total. The summed E-state index contributed by atoms with van der Waals surface area (Å²) in [5.41, 5.74) is 2.00. The van der Waals surface area contributed by atoms with E-state index in [0.717, 1.165) is 16.3 Å². The average molecular weight is 231 g/mol. The number of allylic oxidation sites excluding steroid dienone is 3. The number of halogens is 1. The Balaban J connectivity index is 2.13. The lowest BCUT2D eigenvalue weighted by Crippen LogP contribution is -2.24. The fraction of sp³-hybridized carbons (Fsp3) is 0.143. The second-order valence-electron chi connectivity index (χ2n) is 3.70. The number of dihydropyridines is 1. The molecule has 1 radical (unpaired) electrons. The zero-order valence-electron chi connectivity index (χ0n) is 9.07. The molecule has 0 aromatic heterocycles. The molecule has 0 bridgehead atoms. The van der Waals surface area contributed by atoms with Gasteiger partial charge in [0.15, 0.2) is 0 Å². The van der Waals surface area contributed by atoms with E-state index in [2.05, 4.69) is 24.4 Å². The average Bonchev–Trinajstić information content (AvgIpc) is 2.28. The molecule has 1 N–H and O–H groups in total. The Bertz CT molecular complexity index is 458. The quantitative estimate of drug-likeness (QED) is 0.819. The van der Waals surface area contributed by atoms with Crippen molar-refractivity contribution in [2.45, 2.75) is 13.0 Å². The minimum atomic E-state index is 0.354. The molecule has 1 aromatic carbocycles. The Morgan fingerprint density at radius 1 is 1.31 bits per heavy atom. The molecule has 1 unspecified atom stereocenters. The molecule has 16 heavy (non-hydrogen) atoms. The molecule has 1 aromatic rings. The van der Waals surface area contributed by atoms with E-state index in [1.165, 1.54) is 0 Å². The van der Waals surface area contributed by atoms with Crippen LogP contribution in [0.5, 0.6) is 0 Å². The molecule has 1 aliphatic heterocycles. The van der Waals surface area contributed by atoms with E-state index in [9.17, 15) is 0 Å². The summed E-state index contributed by atoms with van der Waals surface area (Å²) in [5, 5.41) is 4.06. The summed E-state index contributed by atoms with van der Waals surface area (Å²) in [6.45, 7) is 2.10. The Labute approximate surface area is 101 Å². The van der Waals surface area contributed by atoms with Crippen molar-refractivity contribution in [3.8, 4) is 0 Å². The highest BCUT2D eigenvalue weighted by atomic mass is 35.5. The summed E-state index contributed by atoms with van der Waals surface area (Å²) in [6, 6.07) is 8.12. The normalized spacial score (nSPS) is 19.6. The highest BCUT2D eigenvalue weighted by Gasteiger charge is 2.01. The van der Waals surface area contributed by atoms with Crippen molar-refractivity contribution in [1.29, 1.82) is 0 Å². The summed E-state index contributed by atoms with van der Waals surface area (Å²) in [5.74, 6) is 0. The van der Waals surface area contributed by atoms with E-state index in [1.54, 1.807) is 0 Å². The van der Waals surface area contributed by atoms with Crippen molar-refractivity contribution in [2.75, 3.05) is 0 Å². The predicted octanol–water partition coefficient (Wildman–Crippen LogP) is 3.59. The van der Waals surface area contributed by atoms with Gasteiger partial charge in [-0.15, -0.1) is 0 Å². The van der Waals surface area contributed by atoms with Gasteiger partial charge in [-0.1, -0.05) is 48.0 Å². The Morgan fingerprint density at radius 2 is 2.12 bits per heavy atom. The summed E-state index contributed by atoms with van der Waals surface area (Å²) < 4.78 is 0. The van der Waals surface area contributed by atoms with Crippen molar-refractivity contribution in [2.24, 2.45) is 0 Å². The molecule has 0 amide bonds. The van der Waals surface area contributed by atoms with E-state index in [1.807, 2.05) is 42.5 Å². The molecule has 2 rings (SSSR count). The predicted molar refractivity (Wildman–Crippen MR) is 69.0 cm³/mol. The van der Waals surface area contributed by atoms with Crippen LogP contribution in [0.4, 0.5) is 0 Å². The van der Waals surface area contributed by atoms with Gasteiger partial charge >= 0.3 is 0 Å². The van der Waals surface area contributed by atoms with Crippen molar-refractivity contribution >= 4 is 17.7 Å². The van der Waals surface area contributed by atoms with Crippen LogP contribution >= 0.6 is 11.6 Å². The minimum Gasteiger partial charge on any atom is -0.379 e. The maximum absolute atomic E-state index is 6.06. The molecule has 2 heteroatoms. The zero-order valence-corrected chi connectivity index (χ0v) is 9.83. The molecular weight excluding hydrogens is 218 g/mol. The molecule has 0 spiro atoms. The first kappa shape index (κ1) is 11.0. The van der Waals surface area contributed by atoms with Crippen molar-refractivity contribution in [3.05, 3.63) is 64.9 Å². The summed E-state index contributed by atoms with van der Waals surface area (Å²) in [4.78, 5) is 0. The fourth-order valence-electron chi connectivity index (χ4n) is 1.50. The first-order valence-electron chi connectivity index (χ1n) is 5.25. The molecule has 0 fully saturated rings. The molecule has 0 saturated carbocycles. The third-order valence-electron chi connectivity index (χ3n) is 2.34. The van der Waals surface area contributed by atoms with Crippen molar-refractivity contribution in [1.82, 2.24) is 5.32 Å². The topological polar surface area (TPSA) is 12.0 Å². The van der Waals surface area contributed by atoms with Crippen LogP contribution in [0.3, 0.4) is 0 Å². The third kappa shape index (κ3) is 2.77. The number of rotatable bonds is 2. The first-order chi connectivity index (χ1) is 7.75. The van der Waals surface area contributed by atoms with E-state index in [0.29, 0.717) is 6.04 Å². The van der Waals surface area contributed by atoms with Crippen LogP contribution in [0.1, 0.15) is 12.5 Å². The molecule has 0 aliphatic carbocycles. The summed E-state index contributed by atoms with van der Waals surface area (Å²) in [6.07, 6.45) is 11.1. The fourth-order valence-corrected chi connectivity index (χ4v) is 1.70. The SMILES string of the molecule is CC1C=C[C]=C(C=Cc2ccccc2Cl)N1. The number of hydrogen-bond donors (Lipinski definition) is 1. The van der Waals surface area contributed by atoms with Gasteiger partial charge < -0.3 is 5.32 Å². The van der Waals surface area contributed by atoms with Crippen LogP contribution in [0.25, 0.3) is 6.08 Å². The van der Waals surface area contributed by atoms with E-state index >= 15 is 0 Å². The van der Waals surface area contributed by atoms with Crippen molar-refractivity contribution in [3.63, 3.8) is 0 Å². The van der Waals surface area contributed by atoms with Crippen LogP contribution in [-0.4, -0.2) is 6.04 Å². The molecule has 0 saturated heterocycles. The lowest BCUT2D eigenvalue weighted by atomic mass is 10.1. The lowest BCUT2D eigenvalue weighted by Gasteiger charge is -2.14. The largest absolute Gasteiger partial charge is 0.379 e. The van der Waals surface area contributed by atoms with Gasteiger partial charge in [0.1, 0.15) is 0 Å². The van der Waals surface area contributed by atoms with E-state index in [4.69, 9.17) is 11.6 Å².